The number of carbonyl (C=O) groups is 3. The topological polar surface area (TPSA) is 125 Å². The second-order valence-electron chi connectivity index (χ2n) is 7.21. The number of nitrogens with one attached hydrogen (secondary N) is 2. The van der Waals surface area contributed by atoms with Gasteiger partial charge in [-0.2, -0.15) is 0 Å². The van der Waals surface area contributed by atoms with Crippen molar-refractivity contribution < 1.29 is 38.0 Å². The number of nitrogens with two attached hydrogens (primary N) is 1. The molecule has 1 fully saturated rings. The summed E-state index contributed by atoms with van der Waals surface area (Å²) in [6, 6.07) is -1.27. The molecule has 1 atom stereocenters. The van der Waals surface area contributed by atoms with E-state index in [1.807, 2.05) is 20.8 Å². The Morgan fingerprint density at radius 3 is 2.08 bits per heavy atom. The summed E-state index contributed by atoms with van der Waals surface area (Å²) in [7, 11) is 1.50. The van der Waals surface area contributed by atoms with E-state index in [0.29, 0.717) is 13.0 Å². The standard InChI is InChI=1S/C12H20N3O4.C4H10.CH5N.V/c1-12(2,3)14-11(19)13-7-9(16)15-6-4-5-8(15)10(17)18;1-4(2)3;1-2;/h4,8H,5-7H2,1-3H3,(H,17,18)(H2,13,14,19);4H,1-3H3;2H2,1H3;/q-1;;;/t8-;;;/m0.../s1. The number of aliphatic carboxylic acids is 1. The third-order valence-corrected chi connectivity index (χ3v) is 2.59. The summed E-state index contributed by atoms with van der Waals surface area (Å²) in [5, 5.41) is 14.0. The first-order valence-electron chi connectivity index (χ1n) is 8.41. The van der Waals surface area contributed by atoms with Crippen molar-refractivity contribution in [3.8, 4) is 0 Å². The molecule has 8 nitrogen and oxygen atoms in total. The number of hydrogen-bond acceptors (Lipinski definition) is 4. The molecule has 1 rings (SSSR count). The molecular formula is C17H35N4O4V-. The molecule has 0 unspecified atom stereocenters. The van der Waals surface area contributed by atoms with E-state index in [4.69, 9.17) is 5.11 Å². The Bertz CT molecular complexity index is 423. The molecule has 0 aliphatic carbocycles. The fraction of sp³-hybridized carbons (Fsp3) is 0.765. The third kappa shape index (κ3) is 15.0. The van der Waals surface area contributed by atoms with Crippen LogP contribution >= 0.6 is 0 Å². The van der Waals surface area contributed by atoms with Crippen LogP contribution in [0.5, 0.6) is 0 Å². The maximum atomic E-state index is 11.8. The molecule has 1 aliphatic heterocycles. The van der Waals surface area contributed by atoms with Crippen molar-refractivity contribution in [1.82, 2.24) is 15.5 Å². The fourth-order valence-electron chi connectivity index (χ4n) is 1.78. The molecule has 3 amide bonds. The largest absolute Gasteiger partial charge is 0.480 e. The van der Waals surface area contributed by atoms with Gasteiger partial charge in [0, 0.05) is 24.1 Å². The Labute approximate surface area is 169 Å². The van der Waals surface area contributed by atoms with Crippen molar-refractivity contribution >= 4 is 17.9 Å². The van der Waals surface area contributed by atoms with Gasteiger partial charge < -0.3 is 32.8 Å². The van der Waals surface area contributed by atoms with Crippen LogP contribution < -0.4 is 16.4 Å². The molecule has 9 heteroatoms. The first kappa shape index (κ1) is 29.5. The molecule has 0 aromatic carbocycles. The number of urea groups is 1. The second-order valence-corrected chi connectivity index (χ2v) is 7.21. The van der Waals surface area contributed by atoms with Crippen molar-refractivity contribution in [2.24, 2.45) is 11.7 Å². The number of hydrogen-bond donors (Lipinski definition) is 4. The number of carbonyl (C=O) groups excluding carboxylic acids is 2. The molecule has 1 saturated heterocycles. The molecule has 0 aromatic rings. The zero-order valence-electron chi connectivity index (χ0n) is 17.0. The van der Waals surface area contributed by atoms with E-state index in [9.17, 15) is 14.4 Å². The minimum Gasteiger partial charge on any atom is -0.480 e. The summed E-state index contributed by atoms with van der Waals surface area (Å²) < 4.78 is 0. The molecule has 0 spiro atoms. The van der Waals surface area contributed by atoms with Gasteiger partial charge in [-0.1, -0.05) is 20.8 Å². The maximum absolute atomic E-state index is 11.8. The summed E-state index contributed by atoms with van der Waals surface area (Å²) in [4.78, 5) is 35.5. The summed E-state index contributed by atoms with van der Waals surface area (Å²) >= 11 is 0. The van der Waals surface area contributed by atoms with Crippen LogP contribution in [0.15, 0.2) is 0 Å². The predicted octanol–water partition coefficient (Wildman–Crippen LogP) is 1.21. The minimum atomic E-state index is -1.03. The number of nitrogens with zero attached hydrogens (tertiary/aromatic N) is 1. The summed E-state index contributed by atoms with van der Waals surface area (Å²) in [6.07, 6.45) is 2.08. The van der Waals surface area contributed by atoms with Crippen molar-refractivity contribution in [1.29, 1.82) is 0 Å². The Morgan fingerprint density at radius 1 is 1.23 bits per heavy atom. The van der Waals surface area contributed by atoms with Crippen LogP contribution in [0.4, 0.5) is 4.79 Å². The van der Waals surface area contributed by atoms with Crippen molar-refractivity contribution in [2.75, 3.05) is 20.1 Å². The molecule has 1 aliphatic rings. The smallest absolute Gasteiger partial charge is 0.323 e. The van der Waals surface area contributed by atoms with E-state index in [-0.39, 0.29) is 25.1 Å². The molecule has 0 saturated carbocycles. The van der Waals surface area contributed by atoms with Gasteiger partial charge in [-0.3, -0.25) is 9.59 Å². The molecular weight excluding hydrogens is 375 g/mol. The zero-order valence-corrected chi connectivity index (χ0v) is 18.4. The van der Waals surface area contributed by atoms with E-state index in [1.54, 1.807) is 6.42 Å². The Kier molecular flexibility index (Phi) is 16.9. The van der Waals surface area contributed by atoms with Crippen molar-refractivity contribution in [3.05, 3.63) is 6.42 Å². The fourth-order valence-corrected chi connectivity index (χ4v) is 1.78. The normalized spacial score (nSPS) is 15.6. The maximum Gasteiger partial charge on any atom is 0.323 e. The molecule has 0 bridgehead atoms. The Balaban J connectivity index is -0.000000665. The Hall–Kier alpha value is -1.25. The van der Waals surface area contributed by atoms with Gasteiger partial charge in [-0.25, -0.2) is 4.79 Å². The van der Waals surface area contributed by atoms with Gasteiger partial charge in [0.25, 0.3) is 0 Å². The van der Waals surface area contributed by atoms with Crippen LogP contribution in [0, 0.1) is 12.3 Å². The van der Waals surface area contributed by atoms with Crippen molar-refractivity contribution in [2.45, 2.75) is 59.5 Å². The predicted molar refractivity (Wildman–Crippen MR) is 99.0 cm³/mol. The van der Waals surface area contributed by atoms with E-state index in [2.05, 4.69) is 37.1 Å². The average molecular weight is 410 g/mol. The van der Waals surface area contributed by atoms with Gasteiger partial charge in [0.15, 0.2) is 0 Å². The van der Waals surface area contributed by atoms with Gasteiger partial charge in [0.1, 0.15) is 0 Å². The third-order valence-electron chi connectivity index (χ3n) is 2.59. The summed E-state index contributed by atoms with van der Waals surface area (Å²) in [5.41, 5.74) is 4.11. The first-order valence-corrected chi connectivity index (χ1v) is 8.41. The van der Waals surface area contributed by atoms with Crippen LogP contribution in [-0.2, 0) is 28.1 Å². The minimum absolute atomic E-state index is 0. The quantitative estimate of drug-likeness (QED) is 0.521. The van der Waals surface area contributed by atoms with E-state index < -0.39 is 29.5 Å². The molecule has 26 heavy (non-hydrogen) atoms. The Morgan fingerprint density at radius 2 is 1.69 bits per heavy atom. The SMILES string of the molecule is CC(C)(C)NC(=O)NCC(=O)N1C[CH-]C[C@H]1C(=O)O.CC(C)C.CN.[V]. The number of rotatable bonds is 3. The summed E-state index contributed by atoms with van der Waals surface area (Å²) in [6.45, 7) is 12.1. The molecule has 0 aromatic heterocycles. The molecule has 153 valence electrons. The number of likely N-dealkylation sites (tertiary alicyclic amines) is 1. The average Bonchev–Trinajstić information content (AvgIpc) is 2.94. The van der Waals surface area contributed by atoms with Crippen LogP contribution in [0.3, 0.4) is 0 Å². The van der Waals surface area contributed by atoms with Gasteiger partial charge in [0.05, 0.1) is 12.6 Å². The van der Waals surface area contributed by atoms with Gasteiger partial charge in [-0.15, -0.1) is 13.0 Å². The first-order chi connectivity index (χ1) is 11.4. The van der Waals surface area contributed by atoms with E-state index in [1.165, 1.54) is 11.9 Å². The van der Waals surface area contributed by atoms with Gasteiger partial charge in [-0.05, 0) is 33.7 Å². The van der Waals surface area contributed by atoms with Crippen LogP contribution in [0.2, 0.25) is 0 Å². The zero-order chi connectivity index (χ0) is 20.2. The molecule has 1 radical (unpaired) electrons. The van der Waals surface area contributed by atoms with Gasteiger partial charge >= 0.3 is 12.0 Å². The van der Waals surface area contributed by atoms with Crippen LogP contribution in [-0.4, -0.2) is 59.6 Å². The number of carboxylic acid groups (broad SMARTS) is 1. The van der Waals surface area contributed by atoms with Crippen LogP contribution in [0.1, 0.15) is 48.0 Å². The molecule has 1 heterocycles. The van der Waals surface area contributed by atoms with Gasteiger partial charge in [0.2, 0.25) is 5.91 Å². The molecule has 5 N–H and O–H groups in total. The van der Waals surface area contributed by atoms with Crippen LogP contribution in [0.25, 0.3) is 0 Å². The van der Waals surface area contributed by atoms with E-state index >= 15 is 0 Å². The second kappa shape index (κ2) is 14.9. The summed E-state index contributed by atoms with van der Waals surface area (Å²) in [5.74, 6) is -0.591. The van der Waals surface area contributed by atoms with E-state index in [0.717, 1.165) is 5.92 Å². The number of amides is 3. The van der Waals surface area contributed by atoms with Crippen molar-refractivity contribution in [3.63, 3.8) is 0 Å². The monoisotopic (exact) mass is 410 g/mol. The number of carboxylic acids is 1.